The molecule has 7 heteroatoms. The minimum absolute atomic E-state index is 0.00266. The van der Waals surface area contributed by atoms with Gasteiger partial charge in [-0.05, 0) is 31.2 Å². The highest BCUT2D eigenvalue weighted by atomic mass is 16.5. The zero-order chi connectivity index (χ0) is 19.0. The molecule has 136 valence electrons. The van der Waals surface area contributed by atoms with Gasteiger partial charge in [-0.15, -0.1) is 0 Å². The molecule has 2 aromatic heterocycles. The summed E-state index contributed by atoms with van der Waals surface area (Å²) >= 11 is 0. The van der Waals surface area contributed by atoms with Gasteiger partial charge in [0.25, 0.3) is 11.8 Å². The first kappa shape index (κ1) is 17.0. The van der Waals surface area contributed by atoms with Crippen molar-refractivity contribution >= 4 is 23.4 Å². The first-order valence-electron chi connectivity index (χ1n) is 8.59. The van der Waals surface area contributed by atoms with Gasteiger partial charge in [-0.2, -0.15) is 0 Å². The third kappa shape index (κ3) is 2.97. The van der Waals surface area contributed by atoms with Gasteiger partial charge in [-0.3, -0.25) is 19.3 Å². The SMILES string of the molecule is Cc1nc2ccccn2c1COC(=O)CCN1C(=O)c2ccccc2C1=O. The zero-order valence-corrected chi connectivity index (χ0v) is 14.7. The summed E-state index contributed by atoms with van der Waals surface area (Å²) in [7, 11) is 0. The molecule has 7 nitrogen and oxygen atoms in total. The fraction of sp³-hybridized carbons (Fsp3) is 0.200. The van der Waals surface area contributed by atoms with Crippen molar-refractivity contribution in [1.29, 1.82) is 0 Å². The van der Waals surface area contributed by atoms with Crippen LogP contribution in [0.25, 0.3) is 5.65 Å². The Morgan fingerprint density at radius 3 is 2.41 bits per heavy atom. The lowest BCUT2D eigenvalue weighted by molar-refractivity contribution is -0.145. The summed E-state index contributed by atoms with van der Waals surface area (Å²) < 4.78 is 7.20. The highest BCUT2D eigenvalue weighted by Gasteiger charge is 2.35. The number of amides is 2. The second-order valence-electron chi connectivity index (χ2n) is 6.29. The number of imide groups is 1. The van der Waals surface area contributed by atoms with Crippen molar-refractivity contribution in [2.75, 3.05) is 6.54 Å². The molecule has 0 spiro atoms. The summed E-state index contributed by atoms with van der Waals surface area (Å²) in [5, 5.41) is 0. The van der Waals surface area contributed by atoms with E-state index < -0.39 is 5.97 Å². The van der Waals surface area contributed by atoms with E-state index in [0.29, 0.717) is 11.1 Å². The van der Waals surface area contributed by atoms with Gasteiger partial charge in [-0.1, -0.05) is 18.2 Å². The number of fused-ring (bicyclic) bond motifs is 2. The number of ether oxygens (including phenoxy) is 1. The number of rotatable bonds is 5. The van der Waals surface area contributed by atoms with Crippen LogP contribution in [0.4, 0.5) is 0 Å². The van der Waals surface area contributed by atoms with Crippen molar-refractivity contribution in [3.05, 3.63) is 71.2 Å². The predicted octanol–water partition coefficient (Wildman–Crippen LogP) is 2.37. The van der Waals surface area contributed by atoms with Crippen LogP contribution in [0.15, 0.2) is 48.7 Å². The van der Waals surface area contributed by atoms with E-state index in [0.717, 1.165) is 21.9 Å². The number of hydrogen-bond acceptors (Lipinski definition) is 5. The average Bonchev–Trinajstić information content (AvgIpc) is 3.12. The van der Waals surface area contributed by atoms with Crippen LogP contribution >= 0.6 is 0 Å². The van der Waals surface area contributed by atoms with Crippen LogP contribution in [0.3, 0.4) is 0 Å². The summed E-state index contributed by atoms with van der Waals surface area (Å²) in [6.07, 6.45) is 1.80. The number of carbonyl (C=O) groups excluding carboxylic acids is 3. The Bertz CT molecular complexity index is 1040. The van der Waals surface area contributed by atoms with E-state index in [-0.39, 0.29) is 31.4 Å². The van der Waals surface area contributed by atoms with Gasteiger partial charge in [0.05, 0.1) is 28.9 Å². The van der Waals surface area contributed by atoms with E-state index in [1.54, 1.807) is 24.3 Å². The normalized spacial score (nSPS) is 13.3. The van der Waals surface area contributed by atoms with Gasteiger partial charge in [0.15, 0.2) is 0 Å². The Kier molecular flexibility index (Phi) is 4.19. The van der Waals surface area contributed by atoms with Gasteiger partial charge < -0.3 is 9.14 Å². The summed E-state index contributed by atoms with van der Waals surface area (Å²) in [5.41, 5.74) is 3.11. The third-order valence-corrected chi connectivity index (χ3v) is 4.62. The number of aromatic nitrogens is 2. The van der Waals surface area contributed by atoms with E-state index in [1.807, 2.05) is 35.7 Å². The molecule has 2 amide bonds. The maximum Gasteiger partial charge on any atom is 0.307 e. The molecule has 0 bridgehead atoms. The Balaban J connectivity index is 1.37. The standard InChI is InChI=1S/C20H17N3O4/c1-13-16(22-10-5-4-8-17(22)21-13)12-27-18(24)9-11-23-19(25)14-6-2-3-7-15(14)20(23)26/h2-8,10H,9,11-12H2,1H3. The van der Waals surface area contributed by atoms with Crippen molar-refractivity contribution in [3.63, 3.8) is 0 Å². The molecule has 0 fully saturated rings. The largest absolute Gasteiger partial charge is 0.459 e. The quantitative estimate of drug-likeness (QED) is 0.513. The lowest BCUT2D eigenvalue weighted by atomic mass is 10.1. The molecule has 0 N–H and O–H groups in total. The third-order valence-electron chi connectivity index (χ3n) is 4.62. The average molecular weight is 363 g/mol. The molecule has 0 unspecified atom stereocenters. The second-order valence-corrected chi connectivity index (χ2v) is 6.29. The van der Waals surface area contributed by atoms with Crippen LogP contribution < -0.4 is 0 Å². The van der Waals surface area contributed by atoms with Crippen LogP contribution in [-0.2, 0) is 16.1 Å². The molecule has 3 heterocycles. The van der Waals surface area contributed by atoms with Gasteiger partial charge in [0.2, 0.25) is 0 Å². The molecule has 1 aliphatic heterocycles. The van der Waals surface area contributed by atoms with Crippen LogP contribution in [0.2, 0.25) is 0 Å². The monoisotopic (exact) mass is 363 g/mol. The highest BCUT2D eigenvalue weighted by Crippen LogP contribution is 2.22. The molecule has 27 heavy (non-hydrogen) atoms. The van der Waals surface area contributed by atoms with E-state index in [9.17, 15) is 14.4 Å². The van der Waals surface area contributed by atoms with Crippen LogP contribution in [0, 0.1) is 6.92 Å². The predicted molar refractivity (Wildman–Crippen MR) is 96.2 cm³/mol. The molecule has 0 radical (unpaired) electrons. The first-order chi connectivity index (χ1) is 13.1. The molecular weight excluding hydrogens is 346 g/mol. The van der Waals surface area contributed by atoms with Crippen molar-refractivity contribution in [2.45, 2.75) is 20.0 Å². The van der Waals surface area contributed by atoms with E-state index in [4.69, 9.17) is 4.74 Å². The highest BCUT2D eigenvalue weighted by molar-refractivity contribution is 6.21. The minimum Gasteiger partial charge on any atom is -0.459 e. The lowest BCUT2D eigenvalue weighted by Gasteiger charge is -2.13. The molecule has 3 aromatic rings. The number of benzene rings is 1. The maximum atomic E-state index is 12.3. The van der Waals surface area contributed by atoms with E-state index in [1.165, 1.54) is 0 Å². The summed E-state index contributed by atoms with van der Waals surface area (Å²) in [6, 6.07) is 12.3. The summed E-state index contributed by atoms with van der Waals surface area (Å²) in [6.45, 7) is 1.93. The topological polar surface area (TPSA) is 81.0 Å². The zero-order valence-electron chi connectivity index (χ0n) is 14.7. The van der Waals surface area contributed by atoms with E-state index in [2.05, 4.69) is 4.98 Å². The molecule has 0 saturated carbocycles. The molecule has 0 atom stereocenters. The van der Waals surface area contributed by atoms with Crippen molar-refractivity contribution in [1.82, 2.24) is 14.3 Å². The second kappa shape index (κ2) is 6.68. The van der Waals surface area contributed by atoms with Crippen LogP contribution in [-0.4, -0.2) is 38.6 Å². The number of imidazole rings is 1. The molecule has 1 aromatic carbocycles. The number of carbonyl (C=O) groups is 3. The summed E-state index contributed by atoms with van der Waals surface area (Å²) in [5.74, 6) is -1.22. The Labute approximate surface area is 155 Å². The Hall–Kier alpha value is -3.48. The molecule has 0 aliphatic carbocycles. The maximum absolute atomic E-state index is 12.3. The smallest absolute Gasteiger partial charge is 0.307 e. The van der Waals surface area contributed by atoms with Gasteiger partial charge >= 0.3 is 5.97 Å². The lowest BCUT2D eigenvalue weighted by Crippen LogP contribution is -2.32. The minimum atomic E-state index is -0.475. The fourth-order valence-corrected chi connectivity index (χ4v) is 3.20. The van der Waals surface area contributed by atoms with Crippen molar-refractivity contribution < 1.29 is 19.1 Å². The first-order valence-corrected chi connectivity index (χ1v) is 8.59. The van der Waals surface area contributed by atoms with Crippen molar-refractivity contribution in [2.24, 2.45) is 0 Å². The number of esters is 1. The van der Waals surface area contributed by atoms with Crippen LogP contribution in [0.1, 0.15) is 38.5 Å². The Morgan fingerprint density at radius 2 is 1.70 bits per heavy atom. The van der Waals surface area contributed by atoms with Crippen LogP contribution in [0.5, 0.6) is 0 Å². The number of aryl methyl sites for hydroxylation is 1. The van der Waals surface area contributed by atoms with Gasteiger partial charge in [-0.25, -0.2) is 4.98 Å². The molecular formula is C20H17N3O4. The molecule has 4 rings (SSSR count). The van der Waals surface area contributed by atoms with Crippen molar-refractivity contribution in [3.8, 4) is 0 Å². The fourth-order valence-electron chi connectivity index (χ4n) is 3.20. The van der Waals surface area contributed by atoms with Gasteiger partial charge in [0, 0.05) is 12.7 Å². The van der Waals surface area contributed by atoms with E-state index >= 15 is 0 Å². The Morgan fingerprint density at radius 1 is 1.04 bits per heavy atom. The van der Waals surface area contributed by atoms with Gasteiger partial charge in [0.1, 0.15) is 12.3 Å². The number of hydrogen-bond donors (Lipinski definition) is 0. The number of pyridine rings is 1. The number of nitrogens with zero attached hydrogens (tertiary/aromatic N) is 3. The molecule has 1 aliphatic rings. The summed E-state index contributed by atoms with van der Waals surface area (Å²) in [4.78, 5) is 42.2. The molecule has 0 saturated heterocycles.